The van der Waals surface area contributed by atoms with E-state index in [0.29, 0.717) is 18.5 Å². The molecule has 1 saturated heterocycles. The summed E-state index contributed by atoms with van der Waals surface area (Å²) in [6.45, 7) is 6.54. The van der Waals surface area contributed by atoms with Crippen LogP contribution in [0.4, 0.5) is 10.1 Å². The molecule has 2 atom stereocenters. The minimum absolute atomic E-state index is 0.194. The summed E-state index contributed by atoms with van der Waals surface area (Å²) in [6.07, 6.45) is 4.89. The Hall–Kier alpha value is -1.62. The first-order valence-electron chi connectivity index (χ1n) is 9.25. The molecule has 0 bridgehead atoms. The molecule has 2 aliphatic rings. The number of piperazine rings is 1. The van der Waals surface area contributed by atoms with Gasteiger partial charge in [-0.25, -0.2) is 4.39 Å². The number of hydrogen-bond acceptors (Lipinski definition) is 2. The average molecular weight is 334 g/mol. The van der Waals surface area contributed by atoms with Gasteiger partial charge in [0.05, 0.1) is 26.2 Å². The van der Waals surface area contributed by atoms with Gasteiger partial charge in [-0.3, -0.25) is 4.79 Å². The van der Waals surface area contributed by atoms with E-state index in [1.165, 1.54) is 36.3 Å². The third-order valence-corrected chi connectivity index (χ3v) is 5.53. The maximum Gasteiger partial charge on any atom is 0.275 e. The van der Waals surface area contributed by atoms with Crippen molar-refractivity contribution in [1.29, 1.82) is 0 Å². The van der Waals surface area contributed by atoms with Crippen LogP contribution in [0.25, 0.3) is 0 Å². The van der Waals surface area contributed by atoms with Crippen molar-refractivity contribution in [2.24, 2.45) is 5.92 Å². The average Bonchev–Trinajstić information content (AvgIpc) is 2.58. The molecular formula is C19H29FN3O+. The van der Waals surface area contributed by atoms with E-state index in [1.54, 1.807) is 0 Å². The van der Waals surface area contributed by atoms with Gasteiger partial charge < -0.3 is 15.1 Å². The lowest BCUT2D eigenvalue weighted by atomic mass is 9.86. The van der Waals surface area contributed by atoms with Crippen LogP contribution in [0.1, 0.15) is 32.6 Å². The number of halogens is 1. The number of nitrogens with zero attached hydrogens (tertiary/aromatic N) is 1. The topological polar surface area (TPSA) is 36.8 Å². The van der Waals surface area contributed by atoms with Crippen LogP contribution in [0.2, 0.25) is 0 Å². The second kappa shape index (κ2) is 7.97. The summed E-state index contributed by atoms with van der Waals surface area (Å²) >= 11 is 0. The van der Waals surface area contributed by atoms with Crippen molar-refractivity contribution in [3.05, 3.63) is 30.1 Å². The number of amides is 1. The molecule has 1 amide bonds. The summed E-state index contributed by atoms with van der Waals surface area (Å²) in [4.78, 5) is 15.9. The normalized spacial score (nSPS) is 25.5. The molecule has 0 unspecified atom stereocenters. The Balaban J connectivity index is 1.43. The van der Waals surface area contributed by atoms with Gasteiger partial charge in [0.15, 0.2) is 6.54 Å². The maximum absolute atomic E-state index is 13.0. The van der Waals surface area contributed by atoms with Crippen molar-refractivity contribution < 1.29 is 14.1 Å². The fourth-order valence-corrected chi connectivity index (χ4v) is 3.93. The molecule has 1 saturated carbocycles. The molecule has 0 spiro atoms. The highest BCUT2D eigenvalue weighted by molar-refractivity contribution is 5.77. The molecule has 0 aromatic heterocycles. The molecule has 2 fully saturated rings. The predicted molar refractivity (Wildman–Crippen MR) is 93.7 cm³/mol. The number of rotatable bonds is 4. The zero-order valence-corrected chi connectivity index (χ0v) is 14.6. The molecule has 3 rings (SSSR count). The van der Waals surface area contributed by atoms with Crippen molar-refractivity contribution in [3.63, 3.8) is 0 Å². The lowest BCUT2D eigenvalue weighted by Crippen LogP contribution is -3.16. The molecule has 4 nitrogen and oxygen atoms in total. The van der Waals surface area contributed by atoms with Crippen LogP contribution in [0.15, 0.2) is 24.3 Å². The van der Waals surface area contributed by atoms with E-state index in [4.69, 9.17) is 0 Å². The molecule has 24 heavy (non-hydrogen) atoms. The summed E-state index contributed by atoms with van der Waals surface area (Å²) in [7, 11) is 0. The van der Waals surface area contributed by atoms with E-state index in [1.807, 2.05) is 12.1 Å². The number of anilines is 1. The first-order chi connectivity index (χ1) is 11.6. The van der Waals surface area contributed by atoms with Gasteiger partial charge in [-0.1, -0.05) is 19.8 Å². The molecule has 1 aromatic carbocycles. The van der Waals surface area contributed by atoms with Gasteiger partial charge in [-0.2, -0.15) is 0 Å². The third kappa shape index (κ3) is 4.47. The predicted octanol–water partition coefficient (Wildman–Crippen LogP) is 1.23. The lowest BCUT2D eigenvalue weighted by molar-refractivity contribution is -0.892. The highest BCUT2D eigenvalue weighted by Gasteiger charge is 2.26. The first-order valence-corrected chi connectivity index (χ1v) is 9.25. The van der Waals surface area contributed by atoms with Crippen LogP contribution in [-0.2, 0) is 4.79 Å². The van der Waals surface area contributed by atoms with Gasteiger partial charge in [0.2, 0.25) is 0 Å². The van der Waals surface area contributed by atoms with E-state index in [-0.39, 0.29) is 11.7 Å². The maximum atomic E-state index is 13.0. The van der Waals surface area contributed by atoms with Crippen molar-refractivity contribution in [1.82, 2.24) is 5.32 Å². The Bertz CT molecular complexity index is 540. The van der Waals surface area contributed by atoms with E-state index >= 15 is 0 Å². The van der Waals surface area contributed by atoms with E-state index in [0.717, 1.165) is 38.3 Å². The van der Waals surface area contributed by atoms with Gasteiger partial charge in [-0.15, -0.1) is 0 Å². The highest BCUT2D eigenvalue weighted by Crippen LogP contribution is 2.23. The van der Waals surface area contributed by atoms with Crippen molar-refractivity contribution in [3.8, 4) is 0 Å². The van der Waals surface area contributed by atoms with Crippen molar-refractivity contribution >= 4 is 11.6 Å². The fourth-order valence-electron chi connectivity index (χ4n) is 3.93. The molecular weight excluding hydrogens is 305 g/mol. The largest absolute Gasteiger partial charge is 0.360 e. The monoisotopic (exact) mass is 334 g/mol. The fraction of sp³-hybridized carbons (Fsp3) is 0.632. The number of benzene rings is 1. The molecule has 132 valence electrons. The zero-order valence-electron chi connectivity index (χ0n) is 14.6. The molecule has 1 aromatic rings. The van der Waals surface area contributed by atoms with Gasteiger partial charge in [-0.05, 0) is 43.0 Å². The van der Waals surface area contributed by atoms with Crippen LogP contribution in [0.3, 0.4) is 0 Å². The molecule has 5 heteroatoms. The smallest absolute Gasteiger partial charge is 0.275 e. The quantitative estimate of drug-likeness (QED) is 0.869. The van der Waals surface area contributed by atoms with Crippen LogP contribution in [-0.4, -0.2) is 44.7 Å². The number of carbonyl (C=O) groups excluding carboxylic acids is 1. The molecule has 0 radical (unpaired) electrons. The molecule has 1 aliphatic heterocycles. The third-order valence-electron chi connectivity index (χ3n) is 5.53. The van der Waals surface area contributed by atoms with Gasteiger partial charge in [0, 0.05) is 11.7 Å². The molecule has 1 aliphatic carbocycles. The second-order valence-electron chi connectivity index (χ2n) is 7.33. The summed E-state index contributed by atoms with van der Waals surface area (Å²) in [5.41, 5.74) is 1.07. The van der Waals surface area contributed by atoms with Crippen LogP contribution >= 0.6 is 0 Å². The van der Waals surface area contributed by atoms with Gasteiger partial charge in [0.25, 0.3) is 5.91 Å². The van der Waals surface area contributed by atoms with Gasteiger partial charge >= 0.3 is 0 Å². The number of quaternary nitrogens is 1. The zero-order chi connectivity index (χ0) is 16.9. The Morgan fingerprint density at radius 1 is 1.21 bits per heavy atom. The molecule has 2 N–H and O–H groups in total. The summed E-state index contributed by atoms with van der Waals surface area (Å²) < 4.78 is 13.0. The van der Waals surface area contributed by atoms with Crippen LogP contribution in [0, 0.1) is 11.7 Å². The number of nitrogens with one attached hydrogen (secondary N) is 2. The summed E-state index contributed by atoms with van der Waals surface area (Å²) in [6, 6.07) is 7.04. The number of hydrogen-bond donors (Lipinski definition) is 2. The second-order valence-corrected chi connectivity index (χ2v) is 7.33. The van der Waals surface area contributed by atoms with E-state index in [9.17, 15) is 9.18 Å². The SMILES string of the molecule is C[C@H]1CCCC[C@@H]1NC(=O)C[NH+]1CCN(c2ccc(F)cc2)CC1. The molecule has 1 heterocycles. The standard InChI is InChI=1S/C19H28FN3O/c1-15-4-2-3-5-18(15)21-19(24)14-22-10-12-23(13-11-22)17-8-6-16(20)7-9-17/h6-9,15,18H,2-5,10-14H2,1H3,(H,21,24)/p+1/t15-,18-/m0/s1. The Kier molecular flexibility index (Phi) is 5.72. The summed E-state index contributed by atoms with van der Waals surface area (Å²) in [5.74, 6) is 0.601. The number of carbonyl (C=O) groups is 1. The van der Waals surface area contributed by atoms with Crippen molar-refractivity contribution in [2.45, 2.75) is 38.6 Å². The Labute approximate surface area is 144 Å². The van der Waals surface area contributed by atoms with E-state index < -0.39 is 0 Å². The summed E-state index contributed by atoms with van der Waals surface area (Å²) in [5, 5.41) is 3.25. The highest BCUT2D eigenvalue weighted by atomic mass is 19.1. The minimum atomic E-state index is -0.198. The Morgan fingerprint density at radius 2 is 1.88 bits per heavy atom. The van der Waals surface area contributed by atoms with Gasteiger partial charge in [0.1, 0.15) is 5.82 Å². The van der Waals surface area contributed by atoms with E-state index in [2.05, 4.69) is 17.1 Å². The van der Waals surface area contributed by atoms with Crippen LogP contribution in [0.5, 0.6) is 0 Å². The van der Waals surface area contributed by atoms with Crippen LogP contribution < -0.4 is 15.1 Å². The lowest BCUT2D eigenvalue weighted by Gasteiger charge is -2.34. The Morgan fingerprint density at radius 3 is 2.54 bits per heavy atom. The first kappa shape index (κ1) is 17.2. The minimum Gasteiger partial charge on any atom is -0.360 e. The van der Waals surface area contributed by atoms with Crippen molar-refractivity contribution in [2.75, 3.05) is 37.6 Å².